The monoisotopic (exact) mass is 407 g/mol. The molecule has 0 radical (unpaired) electrons. The van der Waals surface area contributed by atoms with Crippen LogP contribution in [0.4, 0.5) is 5.69 Å². The molecule has 0 aromatic heterocycles. The van der Waals surface area contributed by atoms with Gasteiger partial charge >= 0.3 is 0 Å². The van der Waals surface area contributed by atoms with E-state index in [2.05, 4.69) is 34.5 Å². The van der Waals surface area contributed by atoms with Crippen LogP contribution in [0.3, 0.4) is 0 Å². The molecule has 158 valence electrons. The van der Waals surface area contributed by atoms with E-state index in [0.717, 1.165) is 23.5 Å². The van der Waals surface area contributed by atoms with Crippen LogP contribution in [0, 0.1) is 5.92 Å². The molecule has 2 heterocycles. The maximum Gasteiger partial charge on any atom is 0.227 e. The second-order valence-electron chi connectivity index (χ2n) is 8.12. The maximum absolute atomic E-state index is 12.6. The van der Waals surface area contributed by atoms with Crippen LogP contribution in [0.25, 0.3) is 0 Å². The number of methoxy groups -OCH3 is 1. The first kappa shape index (κ1) is 20.4. The Morgan fingerprint density at radius 3 is 2.37 bits per heavy atom. The van der Waals surface area contributed by atoms with Crippen LogP contribution in [0.2, 0.25) is 0 Å². The zero-order valence-electron chi connectivity index (χ0n) is 17.5. The van der Waals surface area contributed by atoms with Gasteiger partial charge in [-0.05, 0) is 61.3 Å². The molecule has 6 heteroatoms. The Hall–Kier alpha value is -2.86. The summed E-state index contributed by atoms with van der Waals surface area (Å²) < 4.78 is 5.16. The van der Waals surface area contributed by atoms with Crippen molar-refractivity contribution in [1.29, 1.82) is 0 Å². The molecule has 0 aliphatic carbocycles. The van der Waals surface area contributed by atoms with Crippen molar-refractivity contribution in [2.75, 3.05) is 31.6 Å². The van der Waals surface area contributed by atoms with Gasteiger partial charge in [-0.3, -0.25) is 14.5 Å². The predicted molar refractivity (Wildman–Crippen MR) is 116 cm³/mol. The Morgan fingerprint density at radius 2 is 1.70 bits per heavy atom. The van der Waals surface area contributed by atoms with Gasteiger partial charge in [-0.1, -0.05) is 24.3 Å². The number of amides is 2. The molecule has 1 atom stereocenters. The lowest BCUT2D eigenvalue weighted by Gasteiger charge is -2.17. The van der Waals surface area contributed by atoms with Crippen LogP contribution in [-0.4, -0.2) is 43.5 Å². The van der Waals surface area contributed by atoms with Crippen molar-refractivity contribution in [2.24, 2.45) is 5.92 Å². The van der Waals surface area contributed by atoms with E-state index in [-0.39, 0.29) is 24.2 Å². The van der Waals surface area contributed by atoms with Crippen LogP contribution in [-0.2, 0) is 22.7 Å². The number of benzene rings is 2. The molecule has 0 bridgehead atoms. The third-order valence-electron chi connectivity index (χ3n) is 5.97. The molecule has 2 fully saturated rings. The highest BCUT2D eigenvalue weighted by Gasteiger charge is 2.35. The lowest BCUT2D eigenvalue weighted by molar-refractivity contribution is -0.126. The number of carbonyl (C=O) groups excluding carboxylic acids is 2. The standard InChI is InChI=1S/C24H29N3O3/c1-30-22-10-8-21(9-11-22)27-17-20(14-23(27)28)24(29)25-15-18-4-6-19(7-5-18)16-26-12-2-3-13-26/h4-11,20H,2-3,12-17H2,1H3,(H,25,29). The van der Waals surface area contributed by atoms with E-state index in [1.807, 2.05) is 24.3 Å². The number of ether oxygens (including phenoxy) is 1. The summed E-state index contributed by atoms with van der Waals surface area (Å²) in [5.41, 5.74) is 3.18. The first-order valence-electron chi connectivity index (χ1n) is 10.6. The van der Waals surface area contributed by atoms with Gasteiger partial charge in [0.15, 0.2) is 0 Å². The quantitative estimate of drug-likeness (QED) is 0.767. The molecule has 0 saturated carbocycles. The van der Waals surface area contributed by atoms with Crippen LogP contribution >= 0.6 is 0 Å². The summed E-state index contributed by atoms with van der Waals surface area (Å²) in [6, 6.07) is 15.8. The molecular formula is C24H29N3O3. The summed E-state index contributed by atoms with van der Waals surface area (Å²) in [6.45, 7) is 4.26. The molecule has 4 rings (SSSR count). The van der Waals surface area contributed by atoms with Crippen molar-refractivity contribution in [3.05, 3.63) is 59.7 Å². The number of nitrogens with one attached hydrogen (secondary N) is 1. The van der Waals surface area contributed by atoms with E-state index in [1.54, 1.807) is 12.0 Å². The summed E-state index contributed by atoms with van der Waals surface area (Å²) in [4.78, 5) is 29.2. The minimum absolute atomic E-state index is 0.0217. The molecule has 0 spiro atoms. The third kappa shape index (κ3) is 4.82. The highest BCUT2D eigenvalue weighted by atomic mass is 16.5. The molecule has 30 heavy (non-hydrogen) atoms. The first-order valence-corrected chi connectivity index (χ1v) is 10.6. The Morgan fingerprint density at radius 1 is 1.03 bits per heavy atom. The van der Waals surface area contributed by atoms with Gasteiger partial charge in [-0.15, -0.1) is 0 Å². The molecule has 2 aliphatic rings. The Labute approximate surface area is 177 Å². The molecular weight excluding hydrogens is 378 g/mol. The van der Waals surface area contributed by atoms with Gasteiger partial charge in [-0.25, -0.2) is 0 Å². The maximum atomic E-state index is 12.6. The van der Waals surface area contributed by atoms with Gasteiger partial charge in [0.25, 0.3) is 0 Å². The van der Waals surface area contributed by atoms with Crippen molar-refractivity contribution in [3.8, 4) is 5.75 Å². The smallest absolute Gasteiger partial charge is 0.227 e. The van der Waals surface area contributed by atoms with Crippen LogP contribution in [0.1, 0.15) is 30.4 Å². The lowest BCUT2D eigenvalue weighted by atomic mass is 10.1. The fourth-order valence-electron chi connectivity index (χ4n) is 4.19. The minimum Gasteiger partial charge on any atom is -0.497 e. The predicted octanol–water partition coefficient (Wildman–Crippen LogP) is 2.96. The number of rotatable bonds is 7. The number of nitrogens with zero attached hydrogens (tertiary/aromatic N) is 2. The van der Waals surface area contributed by atoms with Gasteiger partial charge in [0.2, 0.25) is 11.8 Å². The molecule has 1 N–H and O–H groups in total. The van der Waals surface area contributed by atoms with Crippen LogP contribution in [0.5, 0.6) is 5.75 Å². The molecule has 6 nitrogen and oxygen atoms in total. The second-order valence-corrected chi connectivity index (χ2v) is 8.12. The second kappa shape index (κ2) is 9.30. The van der Waals surface area contributed by atoms with Gasteiger partial charge in [0, 0.05) is 31.7 Å². The van der Waals surface area contributed by atoms with Crippen molar-refractivity contribution in [1.82, 2.24) is 10.2 Å². The van der Waals surface area contributed by atoms with Crippen LogP contribution < -0.4 is 15.0 Å². The van der Waals surface area contributed by atoms with Crippen molar-refractivity contribution in [2.45, 2.75) is 32.4 Å². The van der Waals surface area contributed by atoms with E-state index < -0.39 is 0 Å². The van der Waals surface area contributed by atoms with Crippen molar-refractivity contribution in [3.63, 3.8) is 0 Å². The average Bonchev–Trinajstić information content (AvgIpc) is 3.43. The highest BCUT2D eigenvalue weighted by Crippen LogP contribution is 2.27. The van der Waals surface area contributed by atoms with Gasteiger partial charge in [0.05, 0.1) is 13.0 Å². The van der Waals surface area contributed by atoms with Crippen molar-refractivity contribution >= 4 is 17.5 Å². The fraction of sp³-hybridized carbons (Fsp3) is 0.417. The summed E-state index contributed by atoms with van der Waals surface area (Å²) in [5.74, 6) is 0.326. The zero-order chi connectivity index (χ0) is 20.9. The average molecular weight is 408 g/mol. The molecule has 2 aliphatic heterocycles. The Kier molecular flexibility index (Phi) is 6.33. The summed E-state index contributed by atoms with van der Waals surface area (Å²) in [5, 5.41) is 3.00. The topological polar surface area (TPSA) is 61.9 Å². The highest BCUT2D eigenvalue weighted by molar-refractivity contribution is 6.00. The largest absolute Gasteiger partial charge is 0.497 e. The van der Waals surface area contributed by atoms with E-state index in [0.29, 0.717) is 13.1 Å². The lowest BCUT2D eigenvalue weighted by Crippen LogP contribution is -2.32. The SMILES string of the molecule is COc1ccc(N2CC(C(=O)NCc3ccc(CN4CCCC4)cc3)CC2=O)cc1. The number of hydrogen-bond acceptors (Lipinski definition) is 4. The van der Waals surface area contributed by atoms with E-state index in [4.69, 9.17) is 4.74 Å². The molecule has 2 aromatic carbocycles. The molecule has 2 saturated heterocycles. The summed E-state index contributed by atoms with van der Waals surface area (Å²) in [6.07, 6.45) is 2.83. The third-order valence-corrected chi connectivity index (χ3v) is 5.97. The Bertz CT molecular complexity index is 874. The number of anilines is 1. The fourth-order valence-corrected chi connectivity index (χ4v) is 4.19. The molecule has 1 unspecified atom stereocenters. The zero-order valence-corrected chi connectivity index (χ0v) is 17.5. The molecule has 2 amide bonds. The number of carbonyl (C=O) groups is 2. The normalized spacial score (nSPS) is 19.3. The van der Waals surface area contributed by atoms with E-state index in [9.17, 15) is 9.59 Å². The van der Waals surface area contributed by atoms with Gasteiger partial charge in [-0.2, -0.15) is 0 Å². The van der Waals surface area contributed by atoms with E-state index >= 15 is 0 Å². The van der Waals surface area contributed by atoms with Crippen molar-refractivity contribution < 1.29 is 14.3 Å². The Balaban J connectivity index is 1.28. The number of likely N-dealkylation sites (tertiary alicyclic amines) is 1. The summed E-state index contributed by atoms with van der Waals surface area (Å²) in [7, 11) is 1.61. The minimum atomic E-state index is -0.325. The molecule has 2 aromatic rings. The summed E-state index contributed by atoms with van der Waals surface area (Å²) >= 11 is 0. The van der Waals surface area contributed by atoms with Gasteiger partial charge < -0.3 is 15.0 Å². The number of hydrogen-bond donors (Lipinski definition) is 1. The van der Waals surface area contributed by atoms with Crippen LogP contribution in [0.15, 0.2) is 48.5 Å². The first-order chi connectivity index (χ1) is 14.6. The van der Waals surface area contributed by atoms with Gasteiger partial charge in [0.1, 0.15) is 5.75 Å². The van der Waals surface area contributed by atoms with E-state index in [1.165, 1.54) is 31.5 Å².